The smallest absolute Gasteiger partial charge is 0.303 e. The van der Waals surface area contributed by atoms with Gasteiger partial charge in [0.2, 0.25) is 0 Å². The molecule has 5 nitrogen and oxygen atoms in total. The van der Waals surface area contributed by atoms with Crippen LogP contribution in [-0.2, 0) is 17.6 Å². The number of rotatable bonds is 7. The molecule has 1 atom stereocenters. The molecule has 5 heteroatoms. The van der Waals surface area contributed by atoms with Crippen molar-refractivity contribution < 1.29 is 9.90 Å². The highest BCUT2D eigenvalue weighted by molar-refractivity contribution is 5.66. The van der Waals surface area contributed by atoms with E-state index in [9.17, 15) is 4.79 Å². The normalized spacial score (nSPS) is 15.4. The van der Waals surface area contributed by atoms with Crippen molar-refractivity contribution >= 4 is 11.8 Å². The molecule has 2 rings (SSSR count). The van der Waals surface area contributed by atoms with Crippen LogP contribution >= 0.6 is 0 Å². The molecule has 0 saturated carbocycles. The number of hydrogen-bond donors (Lipinski definition) is 2. The number of aryl methyl sites for hydroxylation is 1. The quantitative estimate of drug-likeness (QED) is 0.801. The van der Waals surface area contributed by atoms with E-state index in [1.54, 1.807) is 6.33 Å². The van der Waals surface area contributed by atoms with E-state index >= 15 is 0 Å². The van der Waals surface area contributed by atoms with Crippen molar-refractivity contribution in [2.75, 3.05) is 11.9 Å². The summed E-state index contributed by atoms with van der Waals surface area (Å²) in [5.41, 5.74) is 2.46. The summed E-state index contributed by atoms with van der Waals surface area (Å²) in [5.74, 6) is 0.672. The summed E-state index contributed by atoms with van der Waals surface area (Å²) >= 11 is 0. The third-order valence-electron chi connectivity index (χ3n) is 3.91. The van der Waals surface area contributed by atoms with Crippen molar-refractivity contribution in [3.8, 4) is 0 Å². The first-order valence-corrected chi connectivity index (χ1v) is 7.45. The van der Waals surface area contributed by atoms with Crippen molar-refractivity contribution in [2.45, 2.75) is 51.9 Å². The van der Waals surface area contributed by atoms with Crippen LogP contribution in [0.15, 0.2) is 6.33 Å². The number of fused-ring (bicyclic) bond motifs is 1. The van der Waals surface area contributed by atoms with Crippen LogP contribution in [0.3, 0.4) is 0 Å². The average molecular weight is 277 g/mol. The molecule has 0 aromatic carbocycles. The van der Waals surface area contributed by atoms with E-state index in [-0.39, 0.29) is 6.42 Å². The Bertz CT molecular complexity index is 462. The number of anilines is 1. The van der Waals surface area contributed by atoms with Gasteiger partial charge in [-0.05, 0) is 44.4 Å². The molecule has 2 N–H and O–H groups in total. The summed E-state index contributed by atoms with van der Waals surface area (Å²) in [5, 5.41) is 12.1. The highest BCUT2D eigenvalue weighted by atomic mass is 16.4. The molecule has 1 aliphatic carbocycles. The Labute approximate surface area is 119 Å². The minimum Gasteiger partial charge on any atom is -0.481 e. The van der Waals surface area contributed by atoms with Gasteiger partial charge in [0, 0.05) is 24.2 Å². The molecule has 0 saturated heterocycles. The third-order valence-corrected chi connectivity index (χ3v) is 3.91. The lowest BCUT2D eigenvalue weighted by Gasteiger charge is -2.18. The zero-order valence-corrected chi connectivity index (χ0v) is 12.1. The van der Waals surface area contributed by atoms with E-state index in [2.05, 4.69) is 22.2 Å². The molecule has 110 valence electrons. The maximum absolute atomic E-state index is 10.5. The number of nitrogens with one attached hydrogen (secondary N) is 1. The molecule has 0 fully saturated rings. The SMILES string of the molecule is CC(CCNc1ncnc2c1CCCC2)CCC(=O)O. The molecular formula is C15H23N3O2. The maximum Gasteiger partial charge on any atom is 0.303 e. The minimum absolute atomic E-state index is 0.254. The summed E-state index contributed by atoms with van der Waals surface area (Å²) in [6.45, 7) is 2.93. The first-order valence-electron chi connectivity index (χ1n) is 7.45. The lowest BCUT2D eigenvalue weighted by molar-refractivity contribution is -0.137. The van der Waals surface area contributed by atoms with E-state index in [0.717, 1.165) is 38.0 Å². The van der Waals surface area contributed by atoms with Gasteiger partial charge in [0.25, 0.3) is 0 Å². The second-order valence-electron chi connectivity index (χ2n) is 5.61. The van der Waals surface area contributed by atoms with E-state index in [0.29, 0.717) is 5.92 Å². The van der Waals surface area contributed by atoms with Gasteiger partial charge in [-0.1, -0.05) is 6.92 Å². The molecule has 0 spiro atoms. The number of carboxylic acids is 1. The Balaban J connectivity index is 1.81. The molecule has 0 bridgehead atoms. The number of aromatic nitrogens is 2. The highest BCUT2D eigenvalue weighted by Gasteiger charge is 2.15. The molecule has 1 aromatic heterocycles. The summed E-state index contributed by atoms with van der Waals surface area (Å²) in [4.78, 5) is 19.2. The average Bonchev–Trinajstić information content (AvgIpc) is 2.45. The van der Waals surface area contributed by atoms with Gasteiger partial charge in [0.15, 0.2) is 0 Å². The highest BCUT2D eigenvalue weighted by Crippen LogP contribution is 2.24. The van der Waals surface area contributed by atoms with Crippen LogP contribution in [0.25, 0.3) is 0 Å². The minimum atomic E-state index is -0.713. The Morgan fingerprint density at radius 1 is 1.35 bits per heavy atom. The second kappa shape index (κ2) is 7.22. The van der Waals surface area contributed by atoms with Gasteiger partial charge >= 0.3 is 5.97 Å². The van der Waals surface area contributed by atoms with Crippen LogP contribution in [-0.4, -0.2) is 27.6 Å². The monoisotopic (exact) mass is 277 g/mol. The Hall–Kier alpha value is -1.65. The lowest BCUT2D eigenvalue weighted by Crippen LogP contribution is -2.14. The first kappa shape index (κ1) is 14.8. The predicted octanol–water partition coefficient (Wildman–Crippen LogP) is 2.66. The molecule has 0 amide bonds. The zero-order chi connectivity index (χ0) is 14.4. The maximum atomic E-state index is 10.5. The number of carboxylic acid groups (broad SMARTS) is 1. The fraction of sp³-hybridized carbons (Fsp3) is 0.667. The topological polar surface area (TPSA) is 75.1 Å². The Morgan fingerprint density at radius 2 is 2.15 bits per heavy atom. The number of aliphatic carboxylic acids is 1. The molecule has 1 aliphatic rings. The van der Waals surface area contributed by atoms with Crippen molar-refractivity contribution in [1.29, 1.82) is 0 Å². The first-order chi connectivity index (χ1) is 9.66. The van der Waals surface area contributed by atoms with Gasteiger partial charge in [-0.15, -0.1) is 0 Å². The van der Waals surface area contributed by atoms with Gasteiger partial charge < -0.3 is 10.4 Å². The van der Waals surface area contributed by atoms with Gasteiger partial charge in [-0.25, -0.2) is 9.97 Å². The van der Waals surface area contributed by atoms with Crippen LogP contribution in [0, 0.1) is 5.92 Å². The van der Waals surface area contributed by atoms with E-state index < -0.39 is 5.97 Å². The fourth-order valence-corrected chi connectivity index (χ4v) is 2.62. The van der Waals surface area contributed by atoms with Crippen LogP contribution in [0.1, 0.15) is 50.3 Å². The summed E-state index contributed by atoms with van der Waals surface area (Å²) < 4.78 is 0. The van der Waals surface area contributed by atoms with Crippen molar-refractivity contribution in [3.05, 3.63) is 17.6 Å². The van der Waals surface area contributed by atoms with Gasteiger partial charge in [-0.3, -0.25) is 4.79 Å². The van der Waals surface area contributed by atoms with Gasteiger partial charge in [0.1, 0.15) is 12.1 Å². The molecule has 0 radical (unpaired) electrons. The van der Waals surface area contributed by atoms with Gasteiger partial charge in [0.05, 0.1) is 0 Å². The molecule has 20 heavy (non-hydrogen) atoms. The van der Waals surface area contributed by atoms with Crippen molar-refractivity contribution in [3.63, 3.8) is 0 Å². The summed E-state index contributed by atoms with van der Waals surface area (Å²) in [6.07, 6.45) is 8.14. The number of hydrogen-bond acceptors (Lipinski definition) is 4. The summed E-state index contributed by atoms with van der Waals surface area (Å²) in [6, 6.07) is 0. The van der Waals surface area contributed by atoms with Crippen LogP contribution in [0.4, 0.5) is 5.82 Å². The van der Waals surface area contributed by atoms with E-state index in [1.165, 1.54) is 24.1 Å². The fourth-order valence-electron chi connectivity index (χ4n) is 2.62. The molecule has 0 aliphatic heterocycles. The molecule has 1 aromatic rings. The standard InChI is InChI=1S/C15H23N3O2/c1-11(6-7-14(19)20)8-9-16-15-12-4-2-3-5-13(12)17-10-18-15/h10-11H,2-9H2,1H3,(H,19,20)(H,16,17,18). The summed E-state index contributed by atoms with van der Waals surface area (Å²) in [7, 11) is 0. The second-order valence-corrected chi connectivity index (χ2v) is 5.61. The van der Waals surface area contributed by atoms with E-state index in [4.69, 9.17) is 5.11 Å². The molecular weight excluding hydrogens is 254 g/mol. The van der Waals surface area contributed by atoms with E-state index in [1.807, 2.05) is 0 Å². The van der Waals surface area contributed by atoms with Crippen LogP contribution < -0.4 is 5.32 Å². The number of carbonyl (C=O) groups is 1. The largest absolute Gasteiger partial charge is 0.481 e. The number of nitrogens with zero attached hydrogens (tertiary/aromatic N) is 2. The van der Waals surface area contributed by atoms with Crippen LogP contribution in [0.2, 0.25) is 0 Å². The lowest BCUT2D eigenvalue weighted by atomic mass is 9.96. The Morgan fingerprint density at radius 3 is 2.95 bits per heavy atom. The predicted molar refractivity (Wildman–Crippen MR) is 77.8 cm³/mol. The van der Waals surface area contributed by atoms with Gasteiger partial charge in [-0.2, -0.15) is 0 Å². The van der Waals surface area contributed by atoms with Crippen molar-refractivity contribution in [2.24, 2.45) is 5.92 Å². The third kappa shape index (κ3) is 4.18. The van der Waals surface area contributed by atoms with Crippen LogP contribution in [0.5, 0.6) is 0 Å². The zero-order valence-electron chi connectivity index (χ0n) is 12.1. The van der Waals surface area contributed by atoms with Crippen molar-refractivity contribution in [1.82, 2.24) is 9.97 Å². The molecule has 1 unspecified atom stereocenters. The molecule has 1 heterocycles. The Kier molecular flexibility index (Phi) is 5.32.